The number of amides is 1. The number of carbonyl (C=O) groups is 1. The molecule has 1 aromatic rings. The van der Waals surface area contributed by atoms with Crippen molar-refractivity contribution < 1.29 is 37.3 Å². The first-order valence-electron chi connectivity index (χ1n) is 7.26. The predicted molar refractivity (Wildman–Crippen MR) is 78.1 cm³/mol. The van der Waals surface area contributed by atoms with Crippen LogP contribution in [-0.4, -0.2) is 56.5 Å². The van der Waals surface area contributed by atoms with Gasteiger partial charge in [-0.1, -0.05) is 0 Å². The third-order valence-electron chi connectivity index (χ3n) is 3.41. The summed E-state index contributed by atoms with van der Waals surface area (Å²) in [6.45, 7) is 0.372. The third-order valence-corrected chi connectivity index (χ3v) is 3.41. The first-order chi connectivity index (χ1) is 11.3. The largest absolute Gasteiger partial charge is 0.493 e. The van der Waals surface area contributed by atoms with E-state index in [0.29, 0.717) is 24.6 Å². The summed E-state index contributed by atoms with van der Waals surface area (Å²) in [5.41, 5.74) is 0.585. The average Bonchev–Trinajstić information content (AvgIpc) is 2.88. The summed E-state index contributed by atoms with van der Waals surface area (Å²) in [5, 5.41) is 8.88. The molecule has 9 heteroatoms. The number of carbonyl (C=O) groups excluding carboxylic acids is 1. The van der Waals surface area contributed by atoms with Crippen LogP contribution in [0.1, 0.15) is 6.42 Å². The molecule has 2 atom stereocenters. The summed E-state index contributed by atoms with van der Waals surface area (Å²) in [7, 11) is 1.51. The molecule has 6 nitrogen and oxygen atoms in total. The molecule has 2 rings (SSSR count). The highest BCUT2D eigenvalue weighted by atomic mass is 19.4. The molecule has 0 saturated carbocycles. The number of hydrogen-bond donors (Lipinski definition) is 1. The molecule has 1 saturated heterocycles. The van der Waals surface area contributed by atoms with Crippen molar-refractivity contribution in [2.24, 2.45) is 0 Å². The summed E-state index contributed by atoms with van der Waals surface area (Å²) in [6, 6.07) is 6.27. The van der Waals surface area contributed by atoms with E-state index in [9.17, 15) is 18.0 Å². The number of cyclic esters (lactones) is 1. The smallest absolute Gasteiger partial charge is 0.414 e. The number of ether oxygens (including phenoxy) is 3. The van der Waals surface area contributed by atoms with Crippen molar-refractivity contribution in [2.45, 2.75) is 24.8 Å². The fourth-order valence-corrected chi connectivity index (χ4v) is 2.18. The molecule has 0 aliphatic carbocycles. The highest BCUT2D eigenvalue weighted by molar-refractivity contribution is 5.89. The van der Waals surface area contributed by atoms with E-state index >= 15 is 0 Å². The highest BCUT2D eigenvalue weighted by Gasteiger charge is 2.37. The minimum Gasteiger partial charge on any atom is -0.493 e. The van der Waals surface area contributed by atoms with Crippen LogP contribution in [0.15, 0.2) is 24.3 Å². The highest BCUT2D eigenvalue weighted by Crippen LogP contribution is 2.25. The Kier molecular flexibility index (Phi) is 5.89. The van der Waals surface area contributed by atoms with Crippen LogP contribution in [0.25, 0.3) is 0 Å². The zero-order valence-corrected chi connectivity index (χ0v) is 13.0. The van der Waals surface area contributed by atoms with Gasteiger partial charge in [-0.05, 0) is 24.3 Å². The number of aliphatic hydroxyl groups excluding tert-OH is 1. The van der Waals surface area contributed by atoms with Crippen LogP contribution < -0.4 is 9.64 Å². The lowest BCUT2D eigenvalue weighted by Crippen LogP contribution is -2.30. The molecular weight excluding hydrogens is 331 g/mol. The lowest BCUT2D eigenvalue weighted by Gasteiger charge is -2.16. The maximum Gasteiger partial charge on any atom is 0.414 e. The molecule has 0 spiro atoms. The molecule has 1 aromatic carbocycles. The molecule has 1 amide bonds. The van der Waals surface area contributed by atoms with Crippen molar-refractivity contribution in [3.8, 4) is 5.75 Å². The predicted octanol–water partition coefficient (Wildman–Crippen LogP) is 2.35. The van der Waals surface area contributed by atoms with Gasteiger partial charge >= 0.3 is 12.3 Å². The van der Waals surface area contributed by atoms with Crippen molar-refractivity contribution in [1.29, 1.82) is 0 Å². The van der Waals surface area contributed by atoms with Crippen LogP contribution in [0.3, 0.4) is 0 Å². The summed E-state index contributed by atoms with van der Waals surface area (Å²) >= 11 is 0. The molecule has 1 N–H and O–H groups in total. The van der Waals surface area contributed by atoms with Gasteiger partial charge in [0.25, 0.3) is 0 Å². The van der Waals surface area contributed by atoms with E-state index in [1.165, 1.54) is 24.1 Å². The topological polar surface area (TPSA) is 68.2 Å². The second-order valence-corrected chi connectivity index (χ2v) is 5.26. The van der Waals surface area contributed by atoms with Gasteiger partial charge in [0.1, 0.15) is 11.9 Å². The lowest BCUT2D eigenvalue weighted by atomic mass is 10.2. The van der Waals surface area contributed by atoms with Crippen LogP contribution in [0.5, 0.6) is 5.75 Å². The third kappa shape index (κ3) is 4.75. The molecule has 0 bridgehead atoms. The zero-order valence-electron chi connectivity index (χ0n) is 13.0. The second-order valence-electron chi connectivity index (χ2n) is 5.26. The SMILES string of the molecule is COCC1CN(c2ccc(OCC[C@H](O)C(F)(F)F)cc2)C(=O)O1. The lowest BCUT2D eigenvalue weighted by molar-refractivity contribution is -0.206. The van der Waals surface area contributed by atoms with E-state index in [2.05, 4.69) is 0 Å². The maximum absolute atomic E-state index is 12.2. The number of methoxy groups -OCH3 is 1. The number of nitrogens with zero attached hydrogens (tertiary/aromatic N) is 1. The molecular formula is C15H18F3NO5. The summed E-state index contributed by atoms with van der Waals surface area (Å²) in [6.07, 6.45) is -8.44. The molecule has 134 valence electrons. The van der Waals surface area contributed by atoms with Gasteiger partial charge in [-0.25, -0.2) is 4.79 Å². The van der Waals surface area contributed by atoms with Crippen LogP contribution >= 0.6 is 0 Å². The van der Waals surface area contributed by atoms with Gasteiger partial charge in [0.2, 0.25) is 0 Å². The number of aliphatic hydroxyl groups is 1. The Morgan fingerprint density at radius 1 is 1.38 bits per heavy atom. The van der Waals surface area contributed by atoms with Crippen molar-refractivity contribution in [2.75, 3.05) is 31.8 Å². The number of hydrogen-bond acceptors (Lipinski definition) is 5. The first kappa shape index (κ1) is 18.3. The Bertz CT molecular complexity index is 549. The Labute approximate surface area is 136 Å². The monoisotopic (exact) mass is 349 g/mol. The second kappa shape index (κ2) is 7.71. The zero-order chi connectivity index (χ0) is 17.7. The number of anilines is 1. The quantitative estimate of drug-likeness (QED) is 0.818. The van der Waals surface area contributed by atoms with Gasteiger partial charge in [0, 0.05) is 19.2 Å². The van der Waals surface area contributed by atoms with Crippen LogP contribution in [0.4, 0.5) is 23.7 Å². The average molecular weight is 349 g/mol. The van der Waals surface area contributed by atoms with Crippen LogP contribution in [0.2, 0.25) is 0 Å². The van der Waals surface area contributed by atoms with E-state index in [-0.39, 0.29) is 12.7 Å². The minimum absolute atomic E-state index is 0.276. The fourth-order valence-electron chi connectivity index (χ4n) is 2.18. The Balaban J connectivity index is 1.86. The fraction of sp³-hybridized carbons (Fsp3) is 0.533. The van der Waals surface area contributed by atoms with E-state index in [1.807, 2.05) is 0 Å². The number of rotatable bonds is 7. The molecule has 24 heavy (non-hydrogen) atoms. The molecule has 0 aromatic heterocycles. The van der Waals surface area contributed by atoms with Crippen molar-refractivity contribution in [3.63, 3.8) is 0 Å². The van der Waals surface area contributed by atoms with Crippen molar-refractivity contribution in [3.05, 3.63) is 24.3 Å². The molecule has 1 heterocycles. The van der Waals surface area contributed by atoms with Crippen LogP contribution in [0, 0.1) is 0 Å². The molecule has 0 radical (unpaired) electrons. The van der Waals surface area contributed by atoms with E-state index in [1.54, 1.807) is 12.1 Å². The summed E-state index contributed by atoms with van der Waals surface area (Å²) < 4.78 is 51.7. The number of benzene rings is 1. The van der Waals surface area contributed by atoms with Gasteiger partial charge in [0.15, 0.2) is 6.10 Å². The van der Waals surface area contributed by atoms with Crippen LogP contribution in [-0.2, 0) is 9.47 Å². The normalized spacial score (nSPS) is 19.3. The number of alkyl halides is 3. The van der Waals surface area contributed by atoms with Gasteiger partial charge in [-0.2, -0.15) is 13.2 Å². The summed E-state index contributed by atoms with van der Waals surface area (Å²) in [5.74, 6) is 0.342. The van der Waals surface area contributed by atoms with Gasteiger partial charge in [0.05, 0.1) is 19.8 Å². The van der Waals surface area contributed by atoms with Gasteiger partial charge in [-0.15, -0.1) is 0 Å². The number of halogens is 3. The Hall–Kier alpha value is -2.00. The van der Waals surface area contributed by atoms with Gasteiger partial charge in [-0.3, -0.25) is 4.90 Å². The van der Waals surface area contributed by atoms with E-state index in [0.717, 1.165) is 0 Å². The Morgan fingerprint density at radius 2 is 2.04 bits per heavy atom. The van der Waals surface area contributed by atoms with E-state index < -0.39 is 24.8 Å². The summed E-state index contributed by atoms with van der Waals surface area (Å²) in [4.78, 5) is 13.2. The van der Waals surface area contributed by atoms with Gasteiger partial charge < -0.3 is 19.3 Å². The standard InChI is InChI=1S/C15H18F3NO5/c1-22-9-12-8-19(14(21)24-12)10-2-4-11(5-3-10)23-7-6-13(20)15(16,17)18/h2-5,12-13,20H,6-9H2,1H3/t12?,13-/m0/s1. The Morgan fingerprint density at radius 3 is 2.62 bits per heavy atom. The first-order valence-corrected chi connectivity index (χ1v) is 7.26. The van der Waals surface area contributed by atoms with Crippen molar-refractivity contribution >= 4 is 11.8 Å². The molecule has 1 fully saturated rings. The molecule has 1 unspecified atom stereocenters. The maximum atomic E-state index is 12.2. The molecule has 1 aliphatic heterocycles. The molecule has 1 aliphatic rings. The minimum atomic E-state index is -4.65. The van der Waals surface area contributed by atoms with E-state index in [4.69, 9.17) is 19.3 Å². The van der Waals surface area contributed by atoms with Crippen molar-refractivity contribution in [1.82, 2.24) is 0 Å².